The fourth-order valence-electron chi connectivity index (χ4n) is 20.6. The predicted molar refractivity (Wildman–Crippen MR) is 468 cm³/mol. The maximum atomic E-state index is 2.65. The summed E-state index contributed by atoms with van der Waals surface area (Å²) in [6.07, 6.45) is 2.25. The number of aromatic nitrogens is 2. The second-order valence-corrected chi connectivity index (χ2v) is 38.1. The van der Waals surface area contributed by atoms with Gasteiger partial charge in [-0.3, -0.25) is 0 Å². The summed E-state index contributed by atoms with van der Waals surface area (Å²) < 4.78 is 5.12. The molecule has 0 unspecified atom stereocenters. The van der Waals surface area contributed by atoms with E-state index in [1.165, 1.54) is 149 Å². The molecule has 2 aliphatic heterocycles. The molecule has 0 saturated carbocycles. The third kappa shape index (κ3) is 10.9. The van der Waals surface area contributed by atoms with Crippen LogP contribution in [-0.4, -0.2) is 15.8 Å². The van der Waals surface area contributed by atoms with Gasteiger partial charge in [-0.2, -0.15) is 0 Å². The first-order valence-electron chi connectivity index (χ1n) is 39.7. The molecule has 0 saturated heterocycles. The van der Waals surface area contributed by atoms with Crippen molar-refractivity contribution in [1.29, 1.82) is 0 Å². The van der Waals surface area contributed by atoms with Crippen molar-refractivity contribution in [1.82, 2.24) is 9.13 Å². The van der Waals surface area contributed by atoms with Gasteiger partial charge >= 0.3 is 0 Å². The number of rotatable bonds is 8. The first-order chi connectivity index (χ1) is 51.9. The van der Waals surface area contributed by atoms with Gasteiger partial charge in [0, 0.05) is 61.4 Å². The SMILES string of the molecule is CC(C)(C)c1ccc2c(c1)c1cc(C(C)(C)C)ccc1n2-c1cc2c3c(c1)N(c1ccc(-c4ccc5c(c4)C(C)(C)CC5(C)C)cc1)c1cc(-n4c5ccccc5c5cc(-c6ccccc6)ccc54)ccc1B3c1ccc(-c3ccccc3C(C)(C)C)cc1N2c1ccc(-c2ccc3c(c2)C(C)(C)CC3(C)C)cc1. The van der Waals surface area contributed by atoms with Crippen molar-refractivity contribution >= 4 is 101 Å². The van der Waals surface area contributed by atoms with E-state index in [4.69, 9.17) is 0 Å². The van der Waals surface area contributed by atoms with Crippen molar-refractivity contribution in [3.05, 3.63) is 306 Å². The highest BCUT2D eigenvalue weighted by Crippen LogP contribution is 2.54. The summed E-state index contributed by atoms with van der Waals surface area (Å²) in [5, 5.41) is 4.99. The zero-order chi connectivity index (χ0) is 75.5. The number of benzene rings is 13. The minimum atomic E-state index is -0.178. The van der Waals surface area contributed by atoms with E-state index in [2.05, 4.69) is 404 Å². The summed E-state index contributed by atoms with van der Waals surface area (Å²) in [5.74, 6) is 0. The highest BCUT2D eigenvalue weighted by molar-refractivity contribution is 7.00. The third-order valence-electron chi connectivity index (χ3n) is 25.5. The lowest BCUT2D eigenvalue weighted by molar-refractivity contribution is 0.402. The minimum Gasteiger partial charge on any atom is -0.311 e. The van der Waals surface area contributed by atoms with Crippen molar-refractivity contribution < 1.29 is 0 Å². The third-order valence-corrected chi connectivity index (χ3v) is 25.5. The van der Waals surface area contributed by atoms with Crippen LogP contribution in [-0.2, 0) is 37.9 Å². The summed E-state index contributed by atoms with van der Waals surface area (Å²) in [6, 6.07) is 104. The van der Waals surface area contributed by atoms with Gasteiger partial charge < -0.3 is 18.9 Å². The van der Waals surface area contributed by atoms with Gasteiger partial charge in [-0.25, -0.2) is 0 Å². The quantitative estimate of drug-likeness (QED) is 0.141. The molecule has 5 heteroatoms. The molecule has 0 bridgehead atoms. The molecule has 109 heavy (non-hydrogen) atoms. The first kappa shape index (κ1) is 68.6. The van der Waals surface area contributed by atoms with Crippen LogP contribution in [0.4, 0.5) is 34.1 Å². The van der Waals surface area contributed by atoms with Crippen LogP contribution in [0.3, 0.4) is 0 Å². The molecule has 0 amide bonds. The molecule has 19 rings (SSSR count). The molecule has 2 aromatic heterocycles. The first-order valence-corrected chi connectivity index (χ1v) is 39.7. The Labute approximate surface area is 645 Å². The maximum Gasteiger partial charge on any atom is 0.252 e. The van der Waals surface area contributed by atoms with Gasteiger partial charge in [0.2, 0.25) is 0 Å². The van der Waals surface area contributed by atoms with E-state index in [-0.39, 0.29) is 44.6 Å². The van der Waals surface area contributed by atoms with Crippen LogP contribution in [0.5, 0.6) is 0 Å². The van der Waals surface area contributed by atoms with Gasteiger partial charge in [0.15, 0.2) is 0 Å². The second-order valence-electron chi connectivity index (χ2n) is 38.1. The number of anilines is 6. The van der Waals surface area contributed by atoms with Gasteiger partial charge in [0.25, 0.3) is 6.71 Å². The van der Waals surface area contributed by atoms with Crippen LogP contribution in [0, 0.1) is 0 Å². The molecule has 4 nitrogen and oxygen atoms in total. The Bertz CT molecular complexity index is 6210. The average Bonchev–Trinajstić information content (AvgIpc) is 1.05. The van der Waals surface area contributed by atoms with Crippen LogP contribution in [0.1, 0.15) is 169 Å². The fraction of sp³-hybridized carbons (Fsp3) is 0.250. The lowest BCUT2D eigenvalue weighted by Gasteiger charge is -2.45. The standard InChI is InChI=1S/C104H99BN4/c1-98(2,3)71-39-51-91-80(57-71)81-58-72(99(4,5)6)40-52-92(81)109(91)76-60-95-97-96(61-76)107(74-43-33-66(34-44-74)69-36-47-84-86(55-69)104(16,17)63-102(84,12)13)94-59-75(108-89-30-24-22-28-78(89)79-53-67(38-50-90(79)108)64-25-19-18-20-26-64)45-49-88(94)105(97)87-48-37-70(77-27-21-23-29-82(77)100(7,8)9)56-93(87)106(95)73-41-31-65(32-42-73)68-35-46-83-85(54-68)103(14,15)62-101(83,10)11/h18-61H,62-63H2,1-17H3. The van der Waals surface area contributed by atoms with Crippen LogP contribution in [0.15, 0.2) is 267 Å². The fourth-order valence-corrected chi connectivity index (χ4v) is 20.6. The lowest BCUT2D eigenvalue weighted by Crippen LogP contribution is -2.61. The van der Waals surface area contributed by atoms with E-state index in [0.29, 0.717) is 0 Å². The molecular formula is C104H99BN4. The number of para-hydroxylation sites is 1. The van der Waals surface area contributed by atoms with E-state index in [1.807, 2.05) is 0 Å². The summed E-state index contributed by atoms with van der Waals surface area (Å²) in [6.45, 7) is 40.3. The highest BCUT2D eigenvalue weighted by Gasteiger charge is 2.47. The summed E-state index contributed by atoms with van der Waals surface area (Å²) >= 11 is 0. The Morgan fingerprint density at radius 1 is 0.275 bits per heavy atom. The average molecular weight is 1420 g/mol. The van der Waals surface area contributed by atoms with Crippen molar-refractivity contribution in [3.8, 4) is 55.9 Å². The van der Waals surface area contributed by atoms with Crippen LogP contribution in [0.2, 0.25) is 0 Å². The van der Waals surface area contributed by atoms with Crippen LogP contribution < -0.4 is 26.2 Å². The number of hydrogen-bond acceptors (Lipinski definition) is 2. The molecule has 0 radical (unpaired) electrons. The molecule has 4 aliphatic rings. The monoisotopic (exact) mass is 1410 g/mol. The van der Waals surface area contributed by atoms with E-state index in [9.17, 15) is 0 Å². The molecule has 0 N–H and O–H groups in total. The second kappa shape index (κ2) is 23.8. The molecule has 0 fully saturated rings. The van der Waals surface area contributed by atoms with Crippen molar-refractivity contribution in [2.24, 2.45) is 0 Å². The Morgan fingerprint density at radius 2 is 0.670 bits per heavy atom. The molecular weight excluding hydrogens is 1320 g/mol. The van der Waals surface area contributed by atoms with Crippen molar-refractivity contribution in [2.75, 3.05) is 9.80 Å². The summed E-state index contributed by atoms with van der Waals surface area (Å²) in [4.78, 5) is 5.30. The molecule has 2 aliphatic carbocycles. The largest absolute Gasteiger partial charge is 0.311 e. The molecule has 4 heterocycles. The predicted octanol–water partition coefficient (Wildman–Crippen LogP) is 26.4. The Hall–Kier alpha value is -10.9. The van der Waals surface area contributed by atoms with Crippen LogP contribution in [0.25, 0.3) is 99.5 Å². The van der Waals surface area contributed by atoms with Gasteiger partial charge in [-0.15, -0.1) is 0 Å². The Morgan fingerprint density at radius 3 is 1.21 bits per heavy atom. The van der Waals surface area contributed by atoms with Crippen molar-refractivity contribution in [2.45, 2.75) is 168 Å². The van der Waals surface area contributed by atoms with Gasteiger partial charge in [-0.05, 0) is 248 Å². The van der Waals surface area contributed by atoms with Gasteiger partial charge in [0.05, 0.1) is 27.8 Å². The van der Waals surface area contributed by atoms with E-state index < -0.39 is 0 Å². The van der Waals surface area contributed by atoms with Gasteiger partial charge in [-0.1, -0.05) is 288 Å². The Kier molecular flexibility index (Phi) is 15.0. The summed E-state index contributed by atoms with van der Waals surface area (Å²) in [5.41, 5.74) is 37.3. The Balaban J connectivity index is 0.909. The van der Waals surface area contributed by atoms with Crippen molar-refractivity contribution in [3.63, 3.8) is 0 Å². The zero-order valence-corrected chi connectivity index (χ0v) is 66.7. The zero-order valence-electron chi connectivity index (χ0n) is 66.7. The molecule has 0 spiro atoms. The van der Waals surface area contributed by atoms with E-state index in [1.54, 1.807) is 0 Å². The molecule has 0 atom stereocenters. The topological polar surface area (TPSA) is 16.3 Å². The number of fused-ring (bicyclic) bond motifs is 12. The maximum absolute atomic E-state index is 2.65. The lowest BCUT2D eigenvalue weighted by atomic mass is 9.33. The van der Waals surface area contributed by atoms with E-state index in [0.717, 1.165) is 52.7 Å². The number of hydrogen-bond donors (Lipinski definition) is 0. The summed E-state index contributed by atoms with van der Waals surface area (Å²) in [7, 11) is 0. The highest BCUT2D eigenvalue weighted by atomic mass is 15.2. The molecule has 13 aromatic carbocycles. The molecule has 538 valence electrons. The molecule has 15 aromatic rings. The minimum absolute atomic E-state index is 0.0648. The normalized spacial score (nSPS) is 15.9. The smallest absolute Gasteiger partial charge is 0.252 e. The number of nitrogens with zero attached hydrogens (tertiary/aromatic N) is 4. The van der Waals surface area contributed by atoms with Crippen LogP contribution >= 0.6 is 0 Å². The van der Waals surface area contributed by atoms with E-state index >= 15 is 0 Å². The van der Waals surface area contributed by atoms with Gasteiger partial charge in [0.1, 0.15) is 0 Å².